The molecule has 0 bridgehead atoms. The van der Waals surface area contributed by atoms with E-state index in [1.54, 1.807) is 0 Å². The van der Waals surface area contributed by atoms with Gasteiger partial charge in [0.1, 0.15) is 12.7 Å². The van der Waals surface area contributed by atoms with E-state index in [0.29, 0.717) is 12.4 Å². The molecule has 2 N–H and O–H groups in total. The predicted octanol–water partition coefficient (Wildman–Crippen LogP) is -0.769. The average molecular weight is 280 g/mol. The lowest BCUT2D eigenvalue weighted by Gasteiger charge is -2.04. The summed E-state index contributed by atoms with van der Waals surface area (Å²) >= 11 is 5.81. The van der Waals surface area contributed by atoms with E-state index < -0.39 is 0 Å². The van der Waals surface area contributed by atoms with Crippen molar-refractivity contribution in [1.82, 2.24) is 50.3 Å². The van der Waals surface area contributed by atoms with Gasteiger partial charge < -0.3 is 5.32 Å². The molecule has 0 aliphatic carbocycles. The molecule has 0 aliphatic rings. The van der Waals surface area contributed by atoms with Gasteiger partial charge in [-0.25, -0.2) is 4.98 Å². The van der Waals surface area contributed by atoms with Crippen LogP contribution in [0.3, 0.4) is 0 Å². The highest BCUT2D eigenvalue weighted by Crippen LogP contribution is 2.08. The quantitative estimate of drug-likeness (QED) is 0.630. The van der Waals surface area contributed by atoms with Crippen molar-refractivity contribution in [3.63, 3.8) is 0 Å². The van der Waals surface area contributed by atoms with Crippen LogP contribution in [0.1, 0.15) is 5.82 Å². The summed E-state index contributed by atoms with van der Waals surface area (Å²) in [5.41, 5.74) is 0. The summed E-state index contributed by atoms with van der Waals surface area (Å²) in [6, 6.07) is 0. The van der Waals surface area contributed by atoms with Crippen molar-refractivity contribution in [3.05, 3.63) is 23.8 Å². The topological polar surface area (TPSA) is 136 Å². The number of anilines is 1. The maximum absolute atomic E-state index is 5.81. The van der Waals surface area contributed by atoms with Crippen LogP contribution in [-0.4, -0.2) is 50.3 Å². The molecular weight excluding hydrogens is 274 g/mol. The Balaban J connectivity index is 1.82. The van der Waals surface area contributed by atoms with E-state index in [-0.39, 0.29) is 17.2 Å². The molecule has 0 saturated carbocycles. The fourth-order valence-electron chi connectivity index (χ4n) is 1.25. The molecule has 96 valence electrons. The lowest BCUT2D eigenvalue weighted by molar-refractivity contribution is 0.791. The number of hydrogen-bond acceptors (Lipinski definition) is 9. The van der Waals surface area contributed by atoms with Gasteiger partial charge >= 0.3 is 0 Å². The standard InChI is InChI=1S/C7H6ClN11/c8-5-12-6(10-1-4-15-17-18-16-4)14-7(13-5)19-3-9-2-11-19/h2-3H,1H2,(H,10,12,13,14)(H,15,16,17,18). The fraction of sp³-hybridized carbons (Fsp3) is 0.143. The molecule has 0 saturated heterocycles. The van der Waals surface area contributed by atoms with Crippen molar-refractivity contribution in [2.45, 2.75) is 6.54 Å². The lowest BCUT2D eigenvalue weighted by atomic mass is 10.6. The highest BCUT2D eigenvalue weighted by Gasteiger charge is 2.08. The zero-order chi connectivity index (χ0) is 13.1. The van der Waals surface area contributed by atoms with Gasteiger partial charge in [0.05, 0.1) is 6.54 Å². The SMILES string of the molecule is Clc1nc(NCc2nn[nH]n2)nc(-n2cncn2)n1. The van der Waals surface area contributed by atoms with Crippen LogP contribution < -0.4 is 5.32 Å². The Morgan fingerprint density at radius 3 is 3.00 bits per heavy atom. The van der Waals surface area contributed by atoms with Gasteiger partial charge in [0, 0.05) is 0 Å². The summed E-state index contributed by atoms with van der Waals surface area (Å²) in [5.74, 6) is 1.00. The van der Waals surface area contributed by atoms with Gasteiger partial charge in [-0.15, -0.1) is 10.2 Å². The molecule has 0 fully saturated rings. The summed E-state index contributed by atoms with van der Waals surface area (Å²) in [6.07, 6.45) is 2.82. The normalized spacial score (nSPS) is 10.6. The van der Waals surface area contributed by atoms with Gasteiger partial charge in [0.25, 0.3) is 5.95 Å². The van der Waals surface area contributed by atoms with Crippen molar-refractivity contribution >= 4 is 17.5 Å². The first-order valence-corrected chi connectivity index (χ1v) is 5.42. The second-order valence-corrected chi connectivity index (χ2v) is 3.59. The number of nitrogens with one attached hydrogen (secondary N) is 2. The zero-order valence-corrected chi connectivity index (χ0v) is 10.0. The Morgan fingerprint density at radius 1 is 1.32 bits per heavy atom. The zero-order valence-electron chi connectivity index (χ0n) is 9.26. The van der Waals surface area contributed by atoms with E-state index in [1.807, 2.05) is 0 Å². The smallest absolute Gasteiger partial charge is 0.258 e. The first-order chi connectivity index (χ1) is 9.31. The molecule has 0 spiro atoms. The molecule has 3 rings (SSSR count). The molecule has 12 heteroatoms. The summed E-state index contributed by atoms with van der Waals surface area (Å²) in [6.45, 7) is 0.299. The van der Waals surface area contributed by atoms with Crippen LogP contribution in [-0.2, 0) is 6.54 Å². The molecule has 0 atom stereocenters. The van der Waals surface area contributed by atoms with Crippen LogP contribution in [0.2, 0.25) is 5.28 Å². The molecule has 19 heavy (non-hydrogen) atoms. The number of tetrazole rings is 1. The second-order valence-electron chi connectivity index (χ2n) is 3.25. The largest absolute Gasteiger partial charge is 0.347 e. The van der Waals surface area contributed by atoms with E-state index in [4.69, 9.17) is 11.6 Å². The van der Waals surface area contributed by atoms with Crippen LogP contribution in [0.4, 0.5) is 5.95 Å². The first kappa shape index (κ1) is 11.4. The molecule has 0 unspecified atom stereocenters. The second kappa shape index (κ2) is 4.89. The predicted molar refractivity (Wildman–Crippen MR) is 61.3 cm³/mol. The fourth-order valence-corrected chi connectivity index (χ4v) is 1.40. The number of aromatic amines is 1. The number of halogens is 1. The van der Waals surface area contributed by atoms with Crippen LogP contribution in [0.25, 0.3) is 5.95 Å². The van der Waals surface area contributed by atoms with Gasteiger partial charge in [0.2, 0.25) is 11.2 Å². The van der Waals surface area contributed by atoms with E-state index in [1.165, 1.54) is 17.3 Å². The Kier molecular flexibility index (Phi) is 2.94. The summed E-state index contributed by atoms with van der Waals surface area (Å²) < 4.78 is 1.37. The van der Waals surface area contributed by atoms with Gasteiger partial charge in [-0.3, -0.25) is 0 Å². The van der Waals surface area contributed by atoms with Crippen molar-refractivity contribution in [3.8, 4) is 5.95 Å². The van der Waals surface area contributed by atoms with E-state index in [2.05, 4.69) is 51.0 Å². The molecule has 0 radical (unpaired) electrons. The summed E-state index contributed by atoms with van der Waals surface area (Å²) in [5, 5.41) is 20.2. The number of H-pyrrole nitrogens is 1. The molecule has 3 heterocycles. The molecule has 0 aliphatic heterocycles. The van der Waals surface area contributed by atoms with Gasteiger partial charge in [-0.2, -0.15) is 29.9 Å². The molecule has 0 aromatic carbocycles. The van der Waals surface area contributed by atoms with Gasteiger partial charge in [-0.1, -0.05) is 5.21 Å². The van der Waals surface area contributed by atoms with Gasteiger partial charge in [0.15, 0.2) is 5.82 Å². The van der Waals surface area contributed by atoms with Crippen LogP contribution >= 0.6 is 11.6 Å². The Bertz CT molecular complexity index is 648. The number of aromatic nitrogens is 10. The van der Waals surface area contributed by atoms with Crippen LogP contribution in [0.15, 0.2) is 12.7 Å². The minimum absolute atomic E-state index is 0.0381. The Labute approximate surface area is 110 Å². The number of nitrogens with zero attached hydrogens (tertiary/aromatic N) is 9. The Hall–Kier alpha value is -2.69. The first-order valence-electron chi connectivity index (χ1n) is 5.04. The monoisotopic (exact) mass is 279 g/mol. The third-order valence-electron chi connectivity index (χ3n) is 2.01. The lowest BCUT2D eigenvalue weighted by Crippen LogP contribution is -2.10. The number of hydrogen-bond donors (Lipinski definition) is 2. The van der Waals surface area contributed by atoms with E-state index >= 15 is 0 Å². The average Bonchev–Trinajstić information content (AvgIpc) is 3.09. The van der Waals surface area contributed by atoms with E-state index in [9.17, 15) is 0 Å². The summed E-state index contributed by atoms with van der Waals surface area (Å²) in [7, 11) is 0. The molecule has 3 aromatic rings. The van der Waals surface area contributed by atoms with E-state index in [0.717, 1.165) is 0 Å². The van der Waals surface area contributed by atoms with Crippen molar-refractivity contribution in [1.29, 1.82) is 0 Å². The van der Waals surface area contributed by atoms with Crippen molar-refractivity contribution < 1.29 is 0 Å². The minimum Gasteiger partial charge on any atom is -0.347 e. The number of rotatable bonds is 4. The Morgan fingerprint density at radius 2 is 2.26 bits per heavy atom. The molecular formula is C7H6ClN11. The highest BCUT2D eigenvalue weighted by molar-refractivity contribution is 6.28. The highest BCUT2D eigenvalue weighted by atomic mass is 35.5. The molecule has 0 amide bonds. The van der Waals surface area contributed by atoms with Gasteiger partial charge in [-0.05, 0) is 11.6 Å². The maximum atomic E-state index is 5.81. The van der Waals surface area contributed by atoms with Crippen LogP contribution in [0, 0.1) is 0 Å². The maximum Gasteiger partial charge on any atom is 0.258 e. The minimum atomic E-state index is 0.0381. The third-order valence-corrected chi connectivity index (χ3v) is 2.18. The summed E-state index contributed by atoms with van der Waals surface area (Å²) in [4.78, 5) is 15.8. The van der Waals surface area contributed by atoms with Crippen molar-refractivity contribution in [2.24, 2.45) is 0 Å². The van der Waals surface area contributed by atoms with Crippen molar-refractivity contribution in [2.75, 3.05) is 5.32 Å². The molecule has 11 nitrogen and oxygen atoms in total. The van der Waals surface area contributed by atoms with Crippen LogP contribution in [0.5, 0.6) is 0 Å². The molecule has 3 aromatic heterocycles. The third kappa shape index (κ3) is 2.60.